The van der Waals surface area contributed by atoms with Gasteiger partial charge in [0.15, 0.2) is 24.2 Å². The van der Waals surface area contributed by atoms with E-state index in [9.17, 15) is 9.90 Å². The molecule has 12 nitrogen and oxygen atoms in total. The highest BCUT2D eigenvalue weighted by Gasteiger charge is 2.61. The van der Waals surface area contributed by atoms with Crippen molar-refractivity contribution in [3.8, 4) is 0 Å². The Labute approximate surface area is 269 Å². The van der Waals surface area contributed by atoms with Gasteiger partial charge in [-0.1, -0.05) is 60.7 Å². The van der Waals surface area contributed by atoms with E-state index < -0.39 is 79.0 Å². The second kappa shape index (κ2) is 13.9. The molecule has 4 heterocycles. The van der Waals surface area contributed by atoms with Gasteiger partial charge >= 0.3 is 5.97 Å². The molecule has 4 saturated heterocycles. The minimum atomic E-state index is -1.27. The summed E-state index contributed by atoms with van der Waals surface area (Å²) in [7, 11) is 0. The summed E-state index contributed by atoms with van der Waals surface area (Å²) < 4.78 is 61.4. The summed E-state index contributed by atoms with van der Waals surface area (Å²) in [6, 6.07) is 19.2. The Morgan fingerprint density at radius 2 is 1.26 bits per heavy atom. The third-order valence-corrected chi connectivity index (χ3v) is 8.31. The average molecular weight is 645 g/mol. The largest absolute Gasteiger partial charge is 0.463 e. The minimum Gasteiger partial charge on any atom is -0.463 e. The molecule has 0 amide bonds. The molecule has 0 radical (unpaired) electrons. The van der Waals surface area contributed by atoms with E-state index in [-0.39, 0.29) is 26.4 Å². The van der Waals surface area contributed by atoms with Crippen LogP contribution in [0.1, 0.15) is 45.7 Å². The van der Waals surface area contributed by atoms with Crippen LogP contribution in [0.5, 0.6) is 0 Å². The number of fused-ring (bicyclic) bond motifs is 3. The molecule has 46 heavy (non-hydrogen) atoms. The first-order valence-corrected chi connectivity index (χ1v) is 15.7. The summed E-state index contributed by atoms with van der Waals surface area (Å²) in [6.07, 6.45) is -7.77. The van der Waals surface area contributed by atoms with Crippen molar-refractivity contribution < 1.29 is 57.3 Å². The zero-order valence-corrected chi connectivity index (χ0v) is 26.8. The van der Waals surface area contributed by atoms with Crippen LogP contribution in [-0.2, 0) is 65.4 Å². The molecular formula is C34H44O12. The maximum absolute atomic E-state index is 11.8. The van der Waals surface area contributed by atoms with Crippen LogP contribution in [-0.4, -0.2) is 97.3 Å². The van der Waals surface area contributed by atoms with Crippen molar-refractivity contribution >= 4 is 5.97 Å². The molecule has 4 fully saturated rings. The van der Waals surface area contributed by atoms with Crippen molar-refractivity contribution in [2.75, 3.05) is 13.2 Å². The number of hydrogen-bond acceptors (Lipinski definition) is 12. The Morgan fingerprint density at radius 1 is 0.696 bits per heavy atom. The van der Waals surface area contributed by atoms with Gasteiger partial charge in [-0.05, 0) is 38.8 Å². The summed E-state index contributed by atoms with van der Waals surface area (Å²) >= 11 is 0. The molecule has 12 heteroatoms. The highest BCUT2D eigenvalue weighted by molar-refractivity contribution is 5.65. The van der Waals surface area contributed by atoms with Crippen molar-refractivity contribution in [1.82, 2.24) is 0 Å². The van der Waals surface area contributed by atoms with Crippen LogP contribution in [0.2, 0.25) is 0 Å². The third kappa shape index (κ3) is 7.79. The Hall–Kier alpha value is -2.49. The number of carbonyl (C=O) groups excluding carboxylic acids is 1. The van der Waals surface area contributed by atoms with Crippen LogP contribution >= 0.6 is 0 Å². The zero-order valence-electron chi connectivity index (χ0n) is 26.8. The van der Waals surface area contributed by atoms with Crippen LogP contribution in [0.25, 0.3) is 0 Å². The van der Waals surface area contributed by atoms with E-state index in [0.29, 0.717) is 0 Å². The van der Waals surface area contributed by atoms with Gasteiger partial charge in [-0.3, -0.25) is 4.79 Å². The first-order valence-electron chi connectivity index (χ1n) is 15.7. The lowest BCUT2D eigenvalue weighted by Crippen LogP contribution is -2.62. The number of carbonyl (C=O) groups is 1. The lowest BCUT2D eigenvalue weighted by Gasteiger charge is -2.44. The second-order valence-corrected chi connectivity index (χ2v) is 12.9. The monoisotopic (exact) mass is 644 g/mol. The van der Waals surface area contributed by atoms with E-state index in [1.807, 2.05) is 88.4 Å². The summed E-state index contributed by atoms with van der Waals surface area (Å²) in [5.41, 5.74) is 1.84. The number of rotatable bonds is 11. The first kappa shape index (κ1) is 33.4. The zero-order chi connectivity index (χ0) is 32.5. The molecule has 0 aromatic heterocycles. The molecule has 6 rings (SSSR count). The Bertz CT molecular complexity index is 1290. The highest BCUT2D eigenvalue weighted by Crippen LogP contribution is 2.44. The lowest BCUT2D eigenvalue weighted by atomic mass is 9.97. The van der Waals surface area contributed by atoms with E-state index in [2.05, 4.69) is 0 Å². The second-order valence-electron chi connectivity index (χ2n) is 12.9. The molecule has 1 N–H and O–H groups in total. The molecule has 2 aromatic carbocycles. The van der Waals surface area contributed by atoms with E-state index >= 15 is 0 Å². The van der Waals surface area contributed by atoms with E-state index in [1.54, 1.807) is 0 Å². The minimum absolute atomic E-state index is 0.0312. The summed E-state index contributed by atoms with van der Waals surface area (Å²) in [5.74, 6) is -2.22. The van der Waals surface area contributed by atoms with Gasteiger partial charge in [0.05, 0.1) is 19.8 Å². The fourth-order valence-corrected chi connectivity index (χ4v) is 6.31. The van der Waals surface area contributed by atoms with Crippen molar-refractivity contribution in [2.45, 2.75) is 121 Å². The van der Waals surface area contributed by atoms with E-state index in [4.69, 9.17) is 47.4 Å². The molecule has 0 unspecified atom stereocenters. The SMILES string of the molecule is CC(=O)OC[C@H]1O[C@@H](OC[C@H]2O[C@@H]3OC(C)(C)O[C@@H]3[C@H]3OC(C)(C)O[C@H]32)[C@H](O)[C@@H](OCc2ccccc2)[C@@H]1OCc1ccccc1. The van der Waals surface area contributed by atoms with Gasteiger partial charge in [0.2, 0.25) is 0 Å². The van der Waals surface area contributed by atoms with E-state index in [1.165, 1.54) is 6.92 Å². The fraction of sp³-hybridized carbons (Fsp3) is 0.618. The molecular weight excluding hydrogens is 600 g/mol. The van der Waals surface area contributed by atoms with Crippen LogP contribution in [0.3, 0.4) is 0 Å². The predicted octanol–water partition coefficient (Wildman–Crippen LogP) is 3.22. The average Bonchev–Trinajstić information content (AvgIpc) is 3.52. The Morgan fingerprint density at radius 3 is 1.89 bits per heavy atom. The molecule has 4 aliphatic heterocycles. The van der Waals surface area contributed by atoms with Crippen molar-refractivity contribution in [3.63, 3.8) is 0 Å². The van der Waals surface area contributed by atoms with Crippen LogP contribution in [0.4, 0.5) is 0 Å². The number of hydrogen-bond donors (Lipinski definition) is 1. The fourth-order valence-electron chi connectivity index (χ4n) is 6.31. The lowest BCUT2D eigenvalue weighted by molar-refractivity contribution is -0.328. The van der Waals surface area contributed by atoms with Gasteiger partial charge in [0, 0.05) is 6.92 Å². The summed E-state index contributed by atoms with van der Waals surface area (Å²) in [6.45, 7) is 8.88. The Kier molecular flexibility index (Phi) is 10.1. The molecule has 4 aliphatic rings. The van der Waals surface area contributed by atoms with Gasteiger partial charge in [0.25, 0.3) is 0 Å². The van der Waals surface area contributed by atoms with Crippen LogP contribution in [0, 0.1) is 0 Å². The summed E-state index contributed by atoms with van der Waals surface area (Å²) in [4.78, 5) is 11.8. The van der Waals surface area contributed by atoms with E-state index in [0.717, 1.165) is 11.1 Å². The first-order chi connectivity index (χ1) is 22.0. The number of benzene rings is 2. The predicted molar refractivity (Wildman–Crippen MR) is 160 cm³/mol. The van der Waals surface area contributed by atoms with Gasteiger partial charge in [-0.2, -0.15) is 0 Å². The van der Waals surface area contributed by atoms with Gasteiger partial charge in [0.1, 0.15) is 55.4 Å². The van der Waals surface area contributed by atoms with Crippen molar-refractivity contribution in [1.29, 1.82) is 0 Å². The number of aliphatic hydroxyl groups excluding tert-OH is 1. The highest BCUT2D eigenvalue weighted by atomic mass is 16.9. The van der Waals surface area contributed by atoms with Crippen molar-refractivity contribution in [3.05, 3.63) is 71.8 Å². The molecule has 0 bridgehead atoms. The van der Waals surface area contributed by atoms with Crippen LogP contribution in [0.15, 0.2) is 60.7 Å². The smallest absolute Gasteiger partial charge is 0.302 e. The third-order valence-electron chi connectivity index (χ3n) is 8.31. The van der Waals surface area contributed by atoms with Gasteiger partial charge in [-0.15, -0.1) is 0 Å². The van der Waals surface area contributed by atoms with Gasteiger partial charge < -0.3 is 52.5 Å². The van der Waals surface area contributed by atoms with Gasteiger partial charge in [-0.25, -0.2) is 0 Å². The molecule has 0 aliphatic carbocycles. The maximum atomic E-state index is 11.8. The topological polar surface area (TPSA) is 130 Å². The molecule has 2 aromatic rings. The molecule has 0 saturated carbocycles. The van der Waals surface area contributed by atoms with Crippen molar-refractivity contribution in [2.24, 2.45) is 0 Å². The number of aliphatic hydroxyl groups is 1. The quantitative estimate of drug-likeness (QED) is 0.361. The Balaban J connectivity index is 1.20. The molecule has 252 valence electrons. The van der Waals surface area contributed by atoms with Crippen LogP contribution < -0.4 is 0 Å². The maximum Gasteiger partial charge on any atom is 0.302 e. The number of esters is 1. The molecule has 0 spiro atoms. The molecule has 10 atom stereocenters. The summed E-state index contributed by atoms with van der Waals surface area (Å²) in [5, 5.41) is 11.7. The normalized spacial score (nSPS) is 36.1. The number of ether oxygens (including phenoxy) is 10. The standard InChI is InChI=1S/C34H44O12/c1-20(35)37-18-23-26(38-16-21-12-8-6-9-13-21)28(39-17-22-14-10-7-11-15-22)25(36)31(41-23)40-19-24-27-29(44-33(2,3)43-27)30-32(42-24)46-34(4,5)45-30/h6-15,23-32,36H,16-19H2,1-5H3/t23-,24-,25-,26-,27+,28-,29+,30-,31-,32-/m1/s1.